The Morgan fingerprint density at radius 3 is 2.45 bits per heavy atom. The third-order valence-corrected chi connectivity index (χ3v) is 2.84. The van der Waals surface area contributed by atoms with Gasteiger partial charge in [-0.05, 0) is 30.7 Å². The molecule has 0 amide bonds. The number of hydrogen-bond acceptors (Lipinski definition) is 4. The summed E-state index contributed by atoms with van der Waals surface area (Å²) in [4.78, 5) is 5.10. The Bertz CT molecular complexity index is 600. The molecule has 0 heterocycles. The molecule has 0 aliphatic rings. The molecule has 0 aliphatic carbocycles. The second-order valence-electron chi connectivity index (χ2n) is 4.63. The molecule has 5 heteroatoms. The van der Waals surface area contributed by atoms with Crippen LogP contribution in [-0.2, 0) is 4.84 Å². The van der Waals surface area contributed by atoms with Crippen LogP contribution in [0.3, 0.4) is 0 Å². The van der Waals surface area contributed by atoms with E-state index >= 15 is 0 Å². The average Bonchev–Trinajstić information content (AvgIpc) is 2.55. The number of para-hydroxylation sites is 2. The standard InChI is InChI=1S/C17H20N2O3/c1-14-7-5-6-10-16(14)20-11-12-22-19-17(18)13-21-15-8-3-2-4-9-15/h2-10H,11-13H2,1H3,(H2,18,19). The summed E-state index contributed by atoms with van der Waals surface area (Å²) >= 11 is 0. The van der Waals surface area contributed by atoms with Crippen LogP contribution in [-0.4, -0.2) is 25.7 Å². The Morgan fingerprint density at radius 2 is 1.68 bits per heavy atom. The monoisotopic (exact) mass is 300 g/mol. The van der Waals surface area contributed by atoms with E-state index in [0.717, 1.165) is 17.1 Å². The SMILES string of the molecule is Cc1ccccc1OCCO/N=C(\N)COc1ccccc1. The van der Waals surface area contributed by atoms with Crippen molar-refractivity contribution in [2.24, 2.45) is 10.9 Å². The third kappa shape index (κ3) is 5.36. The third-order valence-electron chi connectivity index (χ3n) is 2.84. The van der Waals surface area contributed by atoms with Gasteiger partial charge >= 0.3 is 0 Å². The fraction of sp³-hybridized carbons (Fsp3) is 0.235. The fourth-order valence-electron chi connectivity index (χ4n) is 1.74. The molecule has 0 spiro atoms. The van der Waals surface area contributed by atoms with Crippen molar-refractivity contribution in [2.75, 3.05) is 19.8 Å². The van der Waals surface area contributed by atoms with E-state index in [-0.39, 0.29) is 12.4 Å². The summed E-state index contributed by atoms with van der Waals surface area (Å²) in [7, 11) is 0. The van der Waals surface area contributed by atoms with Crippen molar-refractivity contribution in [1.82, 2.24) is 0 Å². The van der Waals surface area contributed by atoms with Gasteiger partial charge in [0.15, 0.2) is 12.4 Å². The molecule has 0 aromatic heterocycles. The van der Waals surface area contributed by atoms with Gasteiger partial charge in [0.05, 0.1) is 0 Å². The summed E-state index contributed by atoms with van der Waals surface area (Å²) in [5, 5.41) is 3.78. The molecule has 116 valence electrons. The second kappa shape index (κ2) is 8.56. The normalized spacial score (nSPS) is 11.0. The van der Waals surface area contributed by atoms with Crippen LogP contribution in [0, 0.1) is 6.92 Å². The molecular formula is C17H20N2O3. The Balaban J connectivity index is 1.64. The molecule has 0 fully saturated rings. The number of hydrogen-bond donors (Lipinski definition) is 1. The van der Waals surface area contributed by atoms with E-state index < -0.39 is 0 Å². The Morgan fingerprint density at radius 1 is 0.955 bits per heavy atom. The van der Waals surface area contributed by atoms with Crippen molar-refractivity contribution in [3.05, 3.63) is 60.2 Å². The number of oxime groups is 1. The molecule has 0 atom stereocenters. The van der Waals surface area contributed by atoms with Crippen LogP contribution < -0.4 is 15.2 Å². The summed E-state index contributed by atoms with van der Waals surface area (Å²) in [5.74, 6) is 1.86. The molecular weight excluding hydrogens is 280 g/mol. The number of amidine groups is 1. The number of aryl methyl sites for hydroxylation is 1. The van der Waals surface area contributed by atoms with Gasteiger partial charge in [-0.1, -0.05) is 41.6 Å². The van der Waals surface area contributed by atoms with Crippen LogP contribution in [0.2, 0.25) is 0 Å². The van der Waals surface area contributed by atoms with Gasteiger partial charge in [-0.25, -0.2) is 0 Å². The first-order chi connectivity index (χ1) is 10.8. The predicted octanol–water partition coefficient (Wildman–Crippen LogP) is 2.74. The van der Waals surface area contributed by atoms with E-state index in [2.05, 4.69) is 5.16 Å². The molecule has 0 radical (unpaired) electrons. The van der Waals surface area contributed by atoms with Crippen LogP contribution in [0.15, 0.2) is 59.8 Å². The molecule has 0 aliphatic heterocycles. The van der Waals surface area contributed by atoms with Crippen molar-refractivity contribution < 1.29 is 14.3 Å². The van der Waals surface area contributed by atoms with Crippen LogP contribution in [0.1, 0.15) is 5.56 Å². The van der Waals surface area contributed by atoms with Crippen LogP contribution in [0.25, 0.3) is 0 Å². The Labute approximate surface area is 130 Å². The van der Waals surface area contributed by atoms with Gasteiger partial charge < -0.3 is 20.0 Å². The zero-order valence-electron chi connectivity index (χ0n) is 12.6. The predicted molar refractivity (Wildman–Crippen MR) is 86.2 cm³/mol. The number of nitrogens with two attached hydrogens (primary N) is 1. The van der Waals surface area contributed by atoms with Gasteiger partial charge in [0.25, 0.3) is 0 Å². The number of nitrogens with zero attached hydrogens (tertiary/aromatic N) is 1. The maximum atomic E-state index is 5.70. The fourth-order valence-corrected chi connectivity index (χ4v) is 1.74. The first kappa shape index (κ1) is 15.7. The maximum Gasteiger partial charge on any atom is 0.177 e. The summed E-state index contributed by atoms with van der Waals surface area (Å²) in [6, 6.07) is 17.2. The minimum atomic E-state index is 0.183. The lowest BCUT2D eigenvalue weighted by Crippen LogP contribution is -2.21. The van der Waals surface area contributed by atoms with E-state index in [1.54, 1.807) is 0 Å². The Kier molecular flexibility index (Phi) is 6.11. The number of benzene rings is 2. The van der Waals surface area contributed by atoms with Gasteiger partial charge in [0.1, 0.15) is 24.7 Å². The van der Waals surface area contributed by atoms with Crippen molar-refractivity contribution in [1.29, 1.82) is 0 Å². The van der Waals surface area contributed by atoms with Crippen molar-refractivity contribution in [3.63, 3.8) is 0 Å². The lowest BCUT2D eigenvalue weighted by Gasteiger charge is -2.08. The molecule has 2 aromatic rings. The van der Waals surface area contributed by atoms with E-state index in [1.807, 2.05) is 61.5 Å². The van der Waals surface area contributed by atoms with Crippen LogP contribution in [0.5, 0.6) is 11.5 Å². The van der Waals surface area contributed by atoms with Crippen LogP contribution >= 0.6 is 0 Å². The molecule has 0 saturated carbocycles. The maximum absolute atomic E-state index is 5.70. The zero-order chi connectivity index (χ0) is 15.6. The largest absolute Gasteiger partial charge is 0.490 e. The second-order valence-corrected chi connectivity index (χ2v) is 4.63. The summed E-state index contributed by atoms with van der Waals surface area (Å²) < 4.78 is 11.0. The van der Waals surface area contributed by atoms with E-state index in [1.165, 1.54) is 0 Å². The Hall–Kier alpha value is -2.69. The minimum Gasteiger partial charge on any atom is -0.490 e. The molecule has 0 bridgehead atoms. The van der Waals surface area contributed by atoms with E-state index in [9.17, 15) is 0 Å². The van der Waals surface area contributed by atoms with Crippen molar-refractivity contribution in [2.45, 2.75) is 6.92 Å². The highest BCUT2D eigenvalue weighted by Gasteiger charge is 1.98. The molecule has 0 unspecified atom stereocenters. The van der Waals surface area contributed by atoms with Gasteiger partial charge in [0.2, 0.25) is 0 Å². The minimum absolute atomic E-state index is 0.183. The topological polar surface area (TPSA) is 66.1 Å². The molecule has 22 heavy (non-hydrogen) atoms. The molecule has 0 saturated heterocycles. The highest BCUT2D eigenvalue weighted by atomic mass is 16.6. The molecule has 5 nitrogen and oxygen atoms in total. The highest BCUT2D eigenvalue weighted by Crippen LogP contribution is 2.15. The van der Waals surface area contributed by atoms with Crippen molar-refractivity contribution in [3.8, 4) is 11.5 Å². The lowest BCUT2D eigenvalue weighted by atomic mass is 10.2. The summed E-state index contributed by atoms with van der Waals surface area (Å²) in [6.07, 6.45) is 0. The van der Waals surface area contributed by atoms with E-state index in [4.69, 9.17) is 20.0 Å². The lowest BCUT2D eigenvalue weighted by molar-refractivity contribution is 0.105. The number of rotatable bonds is 8. The zero-order valence-corrected chi connectivity index (χ0v) is 12.6. The van der Waals surface area contributed by atoms with E-state index in [0.29, 0.717) is 13.2 Å². The highest BCUT2D eigenvalue weighted by molar-refractivity contribution is 5.81. The quantitative estimate of drug-likeness (QED) is 0.352. The smallest absolute Gasteiger partial charge is 0.177 e. The molecule has 2 aromatic carbocycles. The summed E-state index contributed by atoms with van der Waals surface area (Å²) in [5.41, 5.74) is 6.78. The van der Waals surface area contributed by atoms with Gasteiger partial charge in [-0.15, -0.1) is 0 Å². The molecule has 2 N–H and O–H groups in total. The first-order valence-corrected chi connectivity index (χ1v) is 7.06. The van der Waals surface area contributed by atoms with Gasteiger partial charge in [0, 0.05) is 0 Å². The number of ether oxygens (including phenoxy) is 2. The first-order valence-electron chi connectivity index (χ1n) is 7.06. The van der Waals surface area contributed by atoms with Gasteiger partial charge in [-0.3, -0.25) is 0 Å². The van der Waals surface area contributed by atoms with Gasteiger partial charge in [-0.2, -0.15) is 0 Å². The van der Waals surface area contributed by atoms with Crippen LogP contribution in [0.4, 0.5) is 0 Å². The van der Waals surface area contributed by atoms with Crippen molar-refractivity contribution >= 4 is 5.84 Å². The average molecular weight is 300 g/mol. The molecule has 2 rings (SSSR count). The summed E-state index contributed by atoms with van der Waals surface area (Å²) in [6.45, 7) is 2.90.